The predicted molar refractivity (Wildman–Crippen MR) is 313 cm³/mol. The smallest absolute Gasteiger partial charge is 0.0713 e. The first-order chi connectivity index (χ1) is 36.8. The Morgan fingerprint density at radius 3 is 1.38 bits per heavy atom. The fourth-order valence-electron chi connectivity index (χ4n) is 12.4. The van der Waals surface area contributed by atoms with Crippen molar-refractivity contribution in [3.63, 3.8) is 0 Å². The second-order valence-electron chi connectivity index (χ2n) is 19.4. The molecule has 1 aliphatic rings. The maximum absolute atomic E-state index is 2.53. The summed E-state index contributed by atoms with van der Waals surface area (Å²) in [6, 6.07) is 110. The second kappa shape index (κ2) is 17.9. The molecule has 0 saturated heterocycles. The fraction of sp³-hybridized carbons (Fsp3) is 0.0137. The van der Waals surface area contributed by atoms with E-state index in [1.807, 2.05) is 0 Å². The van der Waals surface area contributed by atoms with Crippen LogP contribution in [-0.4, -0.2) is 0 Å². The molecule has 0 radical (unpaired) electrons. The number of anilines is 3. The number of para-hydroxylation sites is 1. The molecule has 0 saturated carbocycles. The maximum Gasteiger partial charge on any atom is 0.0713 e. The third-order valence-electron chi connectivity index (χ3n) is 15.5. The van der Waals surface area contributed by atoms with Crippen LogP contribution in [0.1, 0.15) is 22.3 Å². The van der Waals surface area contributed by atoms with Gasteiger partial charge < -0.3 is 4.90 Å². The Morgan fingerprint density at radius 2 is 0.716 bits per heavy atom. The zero-order valence-electron chi connectivity index (χ0n) is 40.7. The van der Waals surface area contributed by atoms with Gasteiger partial charge in [0.1, 0.15) is 0 Å². The molecular formula is C73H49N. The molecule has 0 aliphatic heterocycles. The van der Waals surface area contributed by atoms with Crippen LogP contribution >= 0.6 is 0 Å². The van der Waals surface area contributed by atoms with Crippen molar-refractivity contribution in [1.82, 2.24) is 0 Å². The molecule has 1 heteroatoms. The van der Waals surface area contributed by atoms with Crippen LogP contribution in [0.2, 0.25) is 0 Å². The molecule has 1 nitrogen and oxygen atoms in total. The number of hydrogen-bond acceptors (Lipinski definition) is 1. The molecule has 0 heterocycles. The number of benzene rings is 13. The molecular weight excluding hydrogens is 891 g/mol. The Morgan fingerprint density at radius 1 is 0.230 bits per heavy atom. The van der Waals surface area contributed by atoms with E-state index in [1.54, 1.807) is 0 Å². The third kappa shape index (κ3) is 6.85. The van der Waals surface area contributed by atoms with Crippen molar-refractivity contribution in [2.45, 2.75) is 5.41 Å². The molecule has 0 atom stereocenters. The lowest BCUT2D eigenvalue weighted by Gasteiger charge is -2.34. The lowest BCUT2D eigenvalue weighted by atomic mass is 9.68. The summed E-state index contributed by atoms with van der Waals surface area (Å²) in [6.07, 6.45) is 0. The highest BCUT2D eigenvalue weighted by Gasteiger charge is 2.46. The van der Waals surface area contributed by atoms with E-state index >= 15 is 0 Å². The Bertz CT molecular complexity index is 4180. The van der Waals surface area contributed by atoms with Crippen LogP contribution in [0, 0.1) is 0 Å². The van der Waals surface area contributed by atoms with E-state index in [-0.39, 0.29) is 0 Å². The molecule has 346 valence electrons. The summed E-state index contributed by atoms with van der Waals surface area (Å²) in [4.78, 5) is 2.53. The molecule has 14 rings (SSSR count). The molecule has 0 N–H and O–H groups in total. The Balaban J connectivity index is 1.05. The van der Waals surface area contributed by atoms with Gasteiger partial charge in [0.05, 0.1) is 16.8 Å². The highest BCUT2D eigenvalue weighted by Crippen LogP contribution is 2.58. The summed E-state index contributed by atoms with van der Waals surface area (Å²) in [5.74, 6) is 0. The molecule has 1 aliphatic carbocycles. The van der Waals surface area contributed by atoms with Crippen molar-refractivity contribution >= 4 is 49.4 Å². The lowest BCUT2D eigenvalue weighted by molar-refractivity contribution is 0.768. The molecule has 0 amide bonds. The minimum atomic E-state index is -0.510. The van der Waals surface area contributed by atoms with Crippen molar-refractivity contribution in [1.29, 1.82) is 0 Å². The molecule has 74 heavy (non-hydrogen) atoms. The molecule has 13 aromatic carbocycles. The summed E-state index contributed by atoms with van der Waals surface area (Å²) in [6.45, 7) is 0. The van der Waals surface area contributed by atoms with Crippen LogP contribution < -0.4 is 4.90 Å². The topological polar surface area (TPSA) is 3.24 Å². The zero-order valence-corrected chi connectivity index (χ0v) is 40.7. The van der Waals surface area contributed by atoms with Crippen molar-refractivity contribution in [3.05, 3.63) is 320 Å². The van der Waals surface area contributed by atoms with Gasteiger partial charge in [-0.2, -0.15) is 0 Å². The summed E-state index contributed by atoms with van der Waals surface area (Å²) < 4.78 is 0. The van der Waals surface area contributed by atoms with Gasteiger partial charge in [-0.05, 0) is 130 Å². The van der Waals surface area contributed by atoms with Crippen LogP contribution in [0.3, 0.4) is 0 Å². The predicted octanol–water partition coefficient (Wildman–Crippen LogP) is 19.6. The van der Waals surface area contributed by atoms with Crippen molar-refractivity contribution in [3.8, 4) is 55.6 Å². The molecule has 0 unspecified atom stereocenters. The number of fused-ring (bicyclic) bond motifs is 7. The van der Waals surface area contributed by atoms with Gasteiger partial charge in [0, 0.05) is 16.6 Å². The standard InChI is InChI=1S/C73H49N/c1-6-24-50(25-7-1)57-45-47-70(63-38-18-16-35-59(57)63)74(56-43-46-68-65(49-56)62-37-20-22-40-67(62)73(68,54-30-12-4-13-31-54)55-32-14-5-15-33-55)69-41-23-21-34-58(69)53-42-44-61-60-36-17-19-39-64(60)71(51-26-8-2-9-27-51)72(66(61)48-53)52-28-10-3-11-29-52/h1-49H. The van der Waals surface area contributed by atoms with E-state index in [9.17, 15) is 0 Å². The van der Waals surface area contributed by atoms with E-state index in [1.165, 1.54) is 99.1 Å². The average Bonchev–Trinajstić information content (AvgIpc) is 3.86. The van der Waals surface area contributed by atoms with E-state index in [0.717, 1.165) is 28.2 Å². The fourth-order valence-corrected chi connectivity index (χ4v) is 12.4. The largest absolute Gasteiger partial charge is 0.309 e. The number of nitrogens with zero attached hydrogens (tertiary/aromatic N) is 1. The van der Waals surface area contributed by atoms with Crippen molar-refractivity contribution < 1.29 is 0 Å². The quantitative estimate of drug-likeness (QED) is 0.130. The van der Waals surface area contributed by atoms with Gasteiger partial charge in [-0.25, -0.2) is 0 Å². The molecule has 0 bridgehead atoms. The van der Waals surface area contributed by atoms with Crippen LogP contribution in [0.4, 0.5) is 17.1 Å². The minimum absolute atomic E-state index is 0.510. The lowest BCUT2D eigenvalue weighted by Crippen LogP contribution is -2.28. The van der Waals surface area contributed by atoms with E-state index in [2.05, 4.69) is 302 Å². The van der Waals surface area contributed by atoms with E-state index in [0.29, 0.717) is 0 Å². The summed E-state index contributed by atoms with van der Waals surface area (Å²) in [5.41, 5.74) is 19.9. The highest BCUT2D eigenvalue weighted by molar-refractivity contribution is 6.22. The van der Waals surface area contributed by atoms with Gasteiger partial charge in [0.2, 0.25) is 0 Å². The normalized spacial score (nSPS) is 12.4. The average molecular weight is 940 g/mol. The maximum atomic E-state index is 2.53. The summed E-state index contributed by atoms with van der Waals surface area (Å²) in [7, 11) is 0. The van der Waals surface area contributed by atoms with Crippen LogP contribution in [0.25, 0.3) is 88.0 Å². The zero-order chi connectivity index (χ0) is 49.0. The SMILES string of the molecule is c1ccc(-c2ccc(N(c3ccc4c(c3)-c3ccccc3C4(c3ccccc3)c3ccccc3)c3ccccc3-c3ccc4c(c3)c(-c3ccccc3)c(-c3ccccc3)c3ccccc34)c3ccccc23)cc1. The van der Waals surface area contributed by atoms with Gasteiger partial charge in [0.15, 0.2) is 0 Å². The van der Waals surface area contributed by atoms with Crippen LogP contribution in [-0.2, 0) is 5.41 Å². The molecule has 0 aromatic heterocycles. The molecule has 0 fully saturated rings. The summed E-state index contributed by atoms with van der Waals surface area (Å²) >= 11 is 0. The first-order valence-electron chi connectivity index (χ1n) is 25.7. The second-order valence-corrected chi connectivity index (χ2v) is 19.4. The first-order valence-corrected chi connectivity index (χ1v) is 25.7. The first kappa shape index (κ1) is 43.2. The Kier molecular flexibility index (Phi) is 10.5. The summed E-state index contributed by atoms with van der Waals surface area (Å²) in [5, 5.41) is 7.33. The monoisotopic (exact) mass is 939 g/mol. The number of rotatable bonds is 9. The van der Waals surface area contributed by atoms with Gasteiger partial charge in [-0.15, -0.1) is 0 Å². The van der Waals surface area contributed by atoms with Crippen LogP contribution in [0.15, 0.2) is 297 Å². The van der Waals surface area contributed by atoms with Crippen molar-refractivity contribution in [2.75, 3.05) is 4.90 Å². The number of hydrogen-bond donors (Lipinski definition) is 0. The highest BCUT2D eigenvalue weighted by atomic mass is 15.1. The van der Waals surface area contributed by atoms with Crippen molar-refractivity contribution in [2.24, 2.45) is 0 Å². The Hall–Kier alpha value is -9.56. The van der Waals surface area contributed by atoms with Gasteiger partial charge in [-0.3, -0.25) is 0 Å². The van der Waals surface area contributed by atoms with Gasteiger partial charge >= 0.3 is 0 Å². The Labute approximate surface area is 432 Å². The third-order valence-corrected chi connectivity index (χ3v) is 15.5. The molecule has 13 aromatic rings. The molecule has 0 spiro atoms. The van der Waals surface area contributed by atoms with Crippen LogP contribution in [0.5, 0.6) is 0 Å². The van der Waals surface area contributed by atoms with Gasteiger partial charge in [0.25, 0.3) is 0 Å². The minimum Gasteiger partial charge on any atom is -0.309 e. The van der Waals surface area contributed by atoms with Gasteiger partial charge in [-0.1, -0.05) is 267 Å². The van der Waals surface area contributed by atoms with E-state index < -0.39 is 5.41 Å². The van der Waals surface area contributed by atoms with E-state index in [4.69, 9.17) is 0 Å².